The van der Waals surface area contributed by atoms with Crippen LogP contribution in [0, 0.1) is 0 Å². The van der Waals surface area contributed by atoms with E-state index in [0.717, 1.165) is 19.4 Å². The summed E-state index contributed by atoms with van der Waals surface area (Å²) in [5, 5.41) is 3.14. The van der Waals surface area contributed by atoms with Crippen molar-refractivity contribution >= 4 is 9.84 Å². The molecular weight excluding hydrogens is 212 g/mol. The van der Waals surface area contributed by atoms with Gasteiger partial charge in [0.25, 0.3) is 0 Å². The third-order valence-corrected chi connectivity index (χ3v) is 3.42. The van der Waals surface area contributed by atoms with Crippen molar-refractivity contribution in [2.75, 3.05) is 39.2 Å². The van der Waals surface area contributed by atoms with Gasteiger partial charge in [0.05, 0.1) is 5.75 Å². The summed E-state index contributed by atoms with van der Waals surface area (Å²) in [5.41, 5.74) is 0. The first-order valence-corrected chi connectivity index (χ1v) is 7.49. The molecule has 0 aromatic rings. The number of likely N-dealkylation sites (N-methyl/N-ethyl adjacent to an activating group) is 2. The van der Waals surface area contributed by atoms with Gasteiger partial charge in [-0.1, -0.05) is 13.3 Å². The fraction of sp³-hybridized carbons (Fsp3) is 1.00. The predicted octanol–water partition coefficient (Wildman–Crippen LogP) is 0.351. The van der Waals surface area contributed by atoms with Crippen LogP contribution in [0.4, 0.5) is 0 Å². The minimum Gasteiger partial charge on any atom is -0.318 e. The molecule has 0 saturated heterocycles. The van der Waals surface area contributed by atoms with Crippen molar-refractivity contribution in [3.8, 4) is 0 Å². The quantitative estimate of drug-likeness (QED) is 0.661. The van der Waals surface area contributed by atoms with Gasteiger partial charge in [0.15, 0.2) is 0 Å². The molecule has 5 heteroatoms. The van der Waals surface area contributed by atoms with Gasteiger partial charge in [0, 0.05) is 25.4 Å². The highest BCUT2D eigenvalue weighted by Gasteiger charge is 2.14. The van der Waals surface area contributed by atoms with Gasteiger partial charge >= 0.3 is 0 Å². The van der Waals surface area contributed by atoms with Gasteiger partial charge in [-0.25, -0.2) is 8.42 Å². The number of rotatable bonds is 8. The molecule has 0 radical (unpaired) electrons. The molecule has 0 aromatic heterocycles. The van der Waals surface area contributed by atoms with Gasteiger partial charge in [-0.2, -0.15) is 0 Å². The standard InChI is InChI=1S/C10H24N2O2S/c1-5-6-10(9-11-2)12(3)7-8-15(4,13)14/h10-11H,5-9H2,1-4H3. The second-order valence-corrected chi connectivity index (χ2v) is 6.37. The van der Waals surface area contributed by atoms with Crippen LogP contribution in [0.5, 0.6) is 0 Å². The van der Waals surface area contributed by atoms with E-state index in [1.807, 2.05) is 14.1 Å². The van der Waals surface area contributed by atoms with Crippen molar-refractivity contribution in [2.45, 2.75) is 25.8 Å². The Hall–Kier alpha value is -0.130. The van der Waals surface area contributed by atoms with Crippen LogP contribution in [-0.2, 0) is 9.84 Å². The van der Waals surface area contributed by atoms with Crippen molar-refractivity contribution in [1.29, 1.82) is 0 Å². The van der Waals surface area contributed by atoms with Gasteiger partial charge in [-0.3, -0.25) is 0 Å². The zero-order valence-electron chi connectivity index (χ0n) is 10.3. The van der Waals surface area contributed by atoms with Crippen LogP contribution in [0.1, 0.15) is 19.8 Å². The van der Waals surface area contributed by atoms with Crippen molar-refractivity contribution in [3.63, 3.8) is 0 Å². The van der Waals surface area contributed by atoms with Crippen LogP contribution < -0.4 is 5.32 Å². The summed E-state index contributed by atoms with van der Waals surface area (Å²) in [6.45, 7) is 3.67. The number of hydrogen-bond donors (Lipinski definition) is 1. The van der Waals surface area contributed by atoms with Crippen molar-refractivity contribution in [1.82, 2.24) is 10.2 Å². The van der Waals surface area contributed by atoms with E-state index < -0.39 is 9.84 Å². The maximum atomic E-state index is 11.0. The Morgan fingerprint density at radius 3 is 2.40 bits per heavy atom. The molecule has 1 unspecified atom stereocenters. The molecule has 1 N–H and O–H groups in total. The third kappa shape index (κ3) is 7.76. The Bertz CT molecular complexity index is 246. The molecule has 0 aliphatic heterocycles. The Balaban J connectivity index is 4.07. The van der Waals surface area contributed by atoms with Crippen molar-refractivity contribution in [2.24, 2.45) is 0 Å². The average Bonchev–Trinajstić information content (AvgIpc) is 2.13. The smallest absolute Gasteiger partial charge is 0.148 e. The number of nitrogens with zero attached hydrogens (tertiary/aromatic N) is 1. The molecule has 0 rings (SSSR count). The topological polar surface area (TPSA) is 49.4 Å². The van der Waals surface area contributed by atoms with Gasteiger partial charge in [-0.15, -0.1) is 0 Å². The van der Waals surface area contributed by atoms with Gasteiger partial charge < -0.3 is 10.2 Å². The molecule has 0 amide bonds. The van der Waals surface area contributed by atoms with E-state index in [1.165, 1.54) is 6.26 Å². The summed E-state index contributed by atoms with van der Waals surface area (Å²) in [6, 6.07) is 0.432. The SMILES string of the molecule is CCCC(CNC)N(C)CCS(C)(=O)=O. The van der Waals surface area contributed by atoms with E-state index in [-0.39, 0.29) is 5.75 Å². The van der Waals surface area contributed by atoms with E-state index in [2.05, 4.69) is 17.1 Å². The summed E-state index contributed by atoms with van der Waals surface area (Å²) in [6.07, 6.45) is 3.50. The molecule has 0 fully saturated rings. The van der Waals surface area contributed by atoms with E-state index in [9.17, 15) is 8.42 Å². The van der Waals surface area contributed by atoms with Gasteiger partial charge in [-0.05, 0) is 20.5 Å². The Morgan fingerprint density at radius 1 is 1.40 bits per heavy atom. The van der Waals surface area contributed by atoms with Gasteiger partial charge in [0.2, 0.25) is 0 Å². The first-order valence-electron chi connectivity index (χ1n) is 5.43. The molecule has 15 heavy (non-hydrogen) atoms. The highest BCUT2D eigenvalue weighted by Crippen LogP contribution is 2.04. The average molecular weight is 236 g/mol. The van der Waals surface area contributed by atoms with Crippen LogP contribution in [0.2, 0.25) is 0 Å². The van der Waals surface area contributed by atoms with E-state index in [4.69, 9.17) is 0 Å². The lowest BCUT2D eigenvalue weighted by atomic mass is 10.1. The summed E-state index contributed by atoms with van der Waals surface area (Å²) in [7, 11) is 1.07. The van der Waals surface area contributed by atoms with Crippen LogP contribution in [-0.4, -0.2) is 58.6 Å². The lowest BCUT2D eigenvalue weighted by molar-refractivity contribution is 0.237. The maximum Gasteiger partial charge on any atom is 0.148 e. The zero-order valence-corrected chi connectivity index (χ0v) is 11.1. The molecule has 0 heterocycles. The molecular formula is C10H24N2O2S. The fourth-order valence-corrected chi connectivity index (χ4v) is 2.16. The minimum absolute atomic E-state index is 0.243. The van der Waals surface area contributed by atoms with Gasteiger partial charge in [0.1, 0.15) is 9.84 Å². The van der Waals surface area contributed by atoms with Crippen LogP contribution in [0.3, 0.4) is 0 Å². The van der Waals surface area contributed by atoms with Crippen molar-refractivity contribution in [3.05, 3.63) is 0 Å². The summed E-state index contributed by atoms with van der Waals surface area (Å²) < 4.78 is 22.1. The Kier molecular flexibility index (Phi) is 7.13. The minimum atomic E-state index is -2.84. The normalized spacial score (nSPS) is 14.5. The van der Waals surface area contributed by atoms with E-state index in [0.29, 0.717) is 12.6 Å². The number of hydrogen-bond acceptors (Lipinski definition) is 4. The first-order chi connectivity index (χ1) is 6.90. The molecule has 0 aliphatic carbocycles. The molecule has 4 nitrogen and oxygen atoms in total. The Labute approximate surface area is 94.0 Å². The molecule has 0 aliphatic rings. The summed E-state index contributed by atoms with van der Waals surface area (Å²) in [4.78, 5) is 2.13. The molecule has 0 bridgehead atoms. The second-order valence-electron chi connectivity index (χ2n) is 4.11. The zero-order chi connectivity index (χ0) is 11.9. The molecule has 1 atom stereocenters. The van der Waals surface area contributed by atoms with Crippen LogP contribution in [0.25, 0.3) is 0 Å². The van der Waals surface area contributed by atoms with Crippen LogP contribution >= 0.6 is 0 Å². The van der Waals surface area contributed by atoms with Crippen LogP contribution in [0.15, 0.2) is 0 Å². The first kappa shape index (κ1) is 14.9. The Morgan fingerprint density at radius 2 is 2.00 bits per heavy atom. The summed E-state index contributed by atoms with van der Waals surface area (Å²) >= 11 is 0. The highest BCUT2D eigenvalue weighted by atomic mass is 32.2. The van der Waals surface area contributed by atoms with E-state index in [1.54, 1.807) is 0 Å². The predicted molar refractivity (Wildman–Crippen MR) is 65.0 cm³/mol. The second kappa shape index (κ2) is 7.19. The third-order valence-electron chi connectivity index (χ3n) is 2.50. The lowest BCUT2D eigenvalue weighted by Crippen LogP contribution is -2.41. The largest absolute Gasteiger partial charge is 0.318 e. The van der Waals surface area contributed by atoms with E-state index >= 15 is 0 Å². The molecule has 92 valence electrons. The van der Waals surface area contributed by atoms with Crippen molar-refractivity contribution < 1.29 is 8.42 Å². The fourth-order valence-electron chi connectivity index (χ4n) is 1.54. The lowest BCUT2D eigenvalue weighted by Gasteiger charge is -2.27. The highest BCUT2D eigenvalue weighted by molar-refractivity contribution is 7.90. The molecule has 0 aromatic carbocycles. The number of nitrogens with one attached hydrogen (secondary N) is 1. The number of sulfone groups is 1. The molecule has 0 saturated carbocycles. The maximum absolute atomic E-state index is 11.0. The monoisotopic (exact) mass is 236 g/mol. The molecule has 0 spiro atoms. The summed E-state index contributed by atoms with van der Waals surface area (Å²) in [5.74, 6) is 0.243.